The van der Waals surface area contributed by atoms with E-state index in [1.165, 1.54) is 25.8 Å². The Morgan fingerprint density at radius 1 is 1.07 bits per heavy atom. The SMILES string of the molecule is CN1CCCCC1C1CCN(C(=O)c2cc3ccccc3n2C)CC1.O=CO. The van der Waals surface area contributed by atoms with Gasteiger partial charge in [0.25, 0.3) is 12.4 Å². The first-order valence-electron chi connectivity index (χ1n) is 10.2. The number of carbonyl (C=O) groups is 2. The highest BCUT2D eigenvalue weighted by Crippen LogP contribution is 2.30. The summed E-state index contributed by atoms with van der Waals surface area (Å²) in [5.41, 5.74) is 1.94. The van der Waals surface area contributed by atoms with Gasteiger partial charge < -0.3 is 19.5 Å². The maximum atomic E-state index is 13.0. The summed E-state index contributed by atoms with van der Waals surface area (Å²) in [5.74, 6) is 0.941. The monoisotopic (exact) mass is 385 g/mol. The topological polar surface area (TPSA) is 65.8 Å². The van der Waals surface area contributed by atoms with Gasteiger partial charge in [0.05, 0.1) is 0 Å². The van der Waals surface area contributed by atoms with Gasteiger partial charge in [-0.05, 0) is 57.3 Å². The molecule has 6 heteroatoms. The standard InChI is InChI=1S/C21H29N3O.CH2O2/c1-22-12-6-5-8-18(22)16-10-13-24(14-11-16)21(25)20-15-17-7-3-4-9-19(17)23(20)2;2-1-3/h3-4,7,9,15-16,18H,5-6,8,10-14H2,1-2H3;1H,(H,2,3). The number of aryl methyl sites for hydroxylation is 1. The number of piperidine rings is 2. The Balaban J connectivity index is 0.000000706. The number of fused-ring (bicyclic) bond motifs is 1. The molecule has 0 aliphatic carbocycles. The van der Waals surface area contributed by atoms with Gasteiger partial charge in [-0.15, -0.1) is 0 Å². The molecule has 1 aromatic heterocycles. The Bertz CT molecular complexity index is 808. The number of likely N-dealkylation sites (tertiary alicyclic amines) is 2. The van der Waals surface area contributed by atoms with Gasteiger partial charge >= 0.3 is 0 Å². The molecule has 2 saturated heterocycles. The van der Waals surface area contributed by atoms with Crippen molar-refractivity contribution in [1.82, 2.24) is 14.4 Å². The zero-order valence-electron chi connectivity index (χ0n) is 16.9. The van der Waals surface area contributed by atoms with Crippen LogP contribution in [0.3, 0.4) is 0 Å². The summed E-state index contributed by atoms with van der Waals surface area (Å²) in [5, 5.41) is 8.03. The Morgan fingerprint density at radius 3 is 2.39 bits per heavy atom. The van der Waals surface area contributed by atoms with E-state index < -0.39 is 0 Å². The summed E-state index contributed by atoms with van der Waals surface area (Å²) in [6, 6.07) is 11.0. The molecule has 1 N–H and O–H groups in total. The van der Waals surface area contributed by atoms with E-state index in [0.717, 1.165) is 54.5 Å². The number of rotatable bonds is 2. The first-order chi connectivity index (χ1) is 13.6. The van der Waals surface area contributed by atoms with Crippen LogP contribution in [0.25, 0.3) is 10.9 Å². The Hall–Kier alpha value is -2.34. The summed E-state index contributed by atoms with van der Waals surface area (Å²) in [4.78, 5) is 26.0. The molecular weight excluding hydrogens is 354 g/mol. The predicted octanol–water partition coefficient (Wildman–Crippen LogP) is 3.22. The predicted molar refractivity (Wildman–Crippen MR) is 111 cm³/mol. The molecule has 2 fully saturated rings. The van der Waals surface area contributed by atoms with Crippen LogP contribution in [-0.4, -0.2) is 64.6 Å². The van der Waals surface area contributed by atoms with E-state index >= 15 is 0 Å². The van der Waals surface area contributed by atoms with Crippen LogP contribution in [0, 0.1) is 5.92 Å². The zero-order chi connectivity index (χ0) is 20.1. The van der Waals surface area contributed by atoms with Gasteiger partial charge in [-0.25, -0.2) is 0 Å². The number of hydrogen-bond donors (Lipinski definition) is 1. The maximum Gasteiger partial charge on any atom is 0.290 e. The van der Waals surface area contributed by atoms with E-state index in [1.54, 1.807) is 0 Å². The van der Waals surface area contributed by atoms with Gasteiger partial charge in [0.15, 0.2) is 0 Å². The number of carboxylic acid groups (broad SMARTS) is 1. The van der Waals surface area contributed by atoms with Crippen LogP contribution in [0.4, 0.5) is 0 Å². The van der Waals surface area contributed by atoms with E-state index in [0.29, 0.717) is 0 Å². The van der Waals surface area contributed by atoms with Crippen molar-refractivity contribution in [1.29, 1.82) is 0 Å². The van der Waals surface area contributed by atoms with Crippen molar-refractivity contribution in [3.05, 3.63) is 36.0 Å². The fraction of sp³-hybridized carbons (Fsp3) is 0.545. The van der Waals surface area contributed by atoms with Crippen LogP contribution in [0.1, 0.15) is 42.6 Å². The quantitative estimate of drug-likeness (QED) is 0.806. The van der Waals surface area contributed by atoms with E-state index in [2.05, 4.69) is 29.0 Å². The lowest BCUT2D eigenvalue weighted by Gasteiger charge is -2.42. The van der Waals surface area contributed by atoms with E-state index in [4.69, 9.17) is 9.90 Å². The zero-order valence-corrected chi connectivity index (χ0v) is 16.9. The van der Waals surface area contributed by atoms with Crippen molar-refractivity contribution < 1.29 is 14.7 Å². The van der Waals surface area contributed by atoms with E-state index in [1.807, 2.05) is 29.8 Å². The highest BCUT2D eigenvalue weighted by atomic mass is 16.3. The van der Waals surface area contributed by atoms with Gasteiger partial charge in [-0.3, -0.25) is 9.59 Å². The lowest BCUT2D eigenvalue weighted by atomic mass is 9.84. The Labute approximate surface area is 166 Å². The fourth-order valence-electron chi connectivity index (χ4n) is 4.84. The fourth-order valence-corrected chi connectivity index (χ4v) is 4.84. The number of carbonyl (C=O) groups excluding carboxylic acids is 1. The van der Waals surface area contributed by atoms with E-state index in [9.17, 15) is 4.79 Å². The molecule has 0 radical (unpaired) electrons. The highest BCUT2D eigenvalue weighted by Gasteiger charge is 2.32. The Kier molecular flexibility index (Phi) is 6.73. The maximum absolute atomic E-state index is 13.0. The van der Waals surface area contributed by atoms with Gasteiger partial charge in [-0.1, -0.05) is 24.6 Å². The van der Waals surface area contributed by atoms with Crippen LogP contribution >= 0.6 is 0 Å². The normalized spacial score (nSPS) is 21.2. The molecule has 2 aromatic rings. The van der Waals surface area contributed by atoms with Gasteiger partial charge in [0.1, 0.15) is 5.69 Å². The van der Waals surface area contributed by atoms with Gasteiger partial charge in [-0.2, -0.15) is 0 Å². The minimum atomic E-state index is -0.250. The van der Waals surface area contributed by atoms with Crippen LogP contribution < -0.4 is 0 Å². The first-order valence-corrected chi connectivity index (χ1v) is 10.2. The molecule has 1 atom stereocenters. The van der Waals surface area contributed by atoms with Crippen molar-refractivity contribution in [2.75, 3.05) is 26.7 Å². The van der Waals surface area contributed by atoms with Crippen molar-refractivity contribution in [3.63, 3.8) is 0 Å². The number of nitrogens with zero attached hydrogens (tertiary/aromatic N) is 3. The average Bonchev–Trinajstić information content (AvgIpc) is 3.05. The molecule has 0 bridgehead atoms. The molecule has 1 aromatic carbocycles. The summed E-state index contributed by atoms with van der Waals surface area (Å²) in [7, 11) is 4.27. The molecule has 4 rings (SSSR count). The van der Waals surface area contributed by atoms with Crippen molar-refractivity contribution in [2.45, 2.75) is 38.1 Å². The third-order valence-corrected chi connectivity index (χ3v) is 6.37. The summed E-state index contributed by atoms with van der Waals surface area (Å²) in [6.45, 7) is 2.78. The van der Waals surface area contributed by atoms with Crippen molar-refractivity contribution >= 4 is 23.3 Å². The van der Waals surface area contributed by atoms with Crippen LogP contribution in [0.2, 0.25) is 0 Å². The minimum Gasteiger partial charge on any atom is -0.483 e. The number of benzene rings is 1. The third-order valence-electron chi connectivity index (χ3n) is 6.37. The van der Waals surface area contributed by atoms with Crippen molar-refractivity contribution in [3.8, 4) is 0 Å². The number of amides is 1. The molecule has 0 saturated carbocycles. The summed E-state index contributed by atoms with van der Waals surface area (Å²) < 4.78 is 2.04. The molecule has 1 amide bonds. The molecule has 2 aliphatic heterocycles. The molecule has 152 valence electrons. The highest BCUT2D eigenvalue weighted by molar-refractivity contribution is 5.98. The lowest BCUT2D eigenvalue weighted by molar-refractivity contribution is -0.122. The van der Waals surface area contributed by atoms with Crippen LogP contribution in [0.5, 0.6) is 0 Å². The van der Waals surface area contributed by atoms with Gasteiger partial charge in [0.2, 0.25) is 0 Å². The van der Waals surface area contributed by atoms with Crippen LogP contribution in [-0.2, 0) is 11.8 Å². The summed E-state index contributed by atoms with van der Waals surface area (Å²) >= 11 is 0. The molecule has 2 aliphatic rings. The van der Waals surface area contributed by atoms with Crippen molar-refractivity contribution in [2.24, 2.45) is 13.0 Å². The second-order valence-electron chi connectivity index (χ2n) is 7.93. The summed E-state index contributed by atoms with van der Waals surface area (Å²) in [6.07, 6.45) is 6.32. The molecule has 1 unspecified atom stereocenters. The first kappa shape index (κ1) is 20.4. The second kappa shape index (κ2) is 9.24. The number of para-hydroxylation sites is 1. The Morgan fingerprint density at radius 2 is 1.75 bits per heavy atom. The van der Waals surface area contributed by atoms with Crippen LogP contribution in [0.15, 0.2) is 30.3 Å². The smallest absolute Gasteiger partial charge is 0.290 e. The second-order valence-corrected chi connectivity index (χ2v) is 7.93. The van der Waals surface area contributed by atoms with Gasteiger partial charge in [0, 0.05) is 37.1 Å². The molecule has 28 heavy (non-hydrogen) atoms. The molecule has 6 nitrogen and oxygen atoms in total. The number of hydrogen-bond acceptors (Lipinski definition) is 3. The molecular formula is C22H31N3O3. The lowest BCUT2D eigenvalue weighted by Crippen LogP contribution is -2.47. The number of aromatic nitrogens is 1. The van der Waals surface area contributed by atoms with E-state index in [-0.39, 0.29) is 12.4 Å². The molecule has 0 spiro atoms. The third kappa shape index (κ3) is 4.22. The largest absolute Gasteiger partial charge is 0.483 e. The molecule has 3 heterocycles. The minimum absolute atomic E-state index is 0.189. The average molecular weight is 386 g/mol.